The summed E-state index contributed by atoms with van der Waals surface area (Å²) >= 11 is 12.5. The average molecular weight is 680 g/mol. The van der Waals surface area contributed by atoms with E-state index in [4.69, 9.17) is 42.9 Å². The molecule has 6 aromatic carbocycles. The second kappa shape index (κ2) is 15.6. The molecule has 48 heavy (non-hydrogen) atoms. The van der Waals surface area contributed by atoms with Gasteiger partial charge in [0.15, 0.2) is 28.8 Å². The molecule has 9 heteroatoms. The van der Waals surface area contributed by atoms with Crippen LogP contribution in [0.1, 0.15) is 27.0 Å². The molecule has 0 fully saturated rings. The van der Waals surface area contributed by atoms with E-state index in [0.717, 1.165) is 0 Å². The second-order valence-corrected chi connectivity index (χ2v) is 11.2. The molecule has 0 atom stereocenters. The third kappa shape index (κ3) is 8.67. The van der Waals surface area contributed by atoms with E-state index >= 15 is 0 Å². The summed E-state index contributed by atoms with van der Waals surface area (Å²) in [6.07, 6.45) is 0. The Hall–Kier alpha value is -5.89. The fraction of sp³-hybridized carbons (Fsp3) is 0. The zero-order chi connectivity index (χ0) is 34.0. The molecule has 240 valence electrons. The van der Waals surface area contributed by atoms with E-state index in [-0.39, 0.29) is 44.8 Å². The molecule has 6 rings (SSSR count). The van der Waals surface area contributed by atoms with Crippen LogP contribution in [-0.4, -0.2) is 26.2 Å². The van der Waals surface area contributed by atoms with Gasteiger partial charge >= 0.3 is 0 Å². The highest BCUT2D eigenvalue weighted by atomic mass is 35.5. The van der Waals surface area contributed by atoms with Gasteiger partial charge in [-0.15, -0.1) is 0 Å². The fourth-order valence-corrected chi connectivity index (χ4v) is 4.95. The molecule has 0 aliphatic rings. The minimum absolute atomic E-state index is 0.0118. The van der Waals surface area contributed by atoms with Crippen molar-refractivity contribution in [2.75, 3.05) is 0 Å². The Balaban J connectivity index is 0.000000236. The van der Waals surface area contributed by atoms with E-state index < -0.39 is 0 Å². The zero-order valence-electron chi connectivity index (χ0n) is 25.1. The number of carbonyl (C=O) groups excluding carboxylic acids is 1. The van der Waals surface area contributed by atoms with Crippen molar-refractivity contribution in [3.63, 3.8) is 0 Å². The monoisotopic (exact) mass is 678 g/mol. The number of ether oxygens (including phenoxy) is 2. The van der Waals surface area contributed by atoms with E-state index in [2.05, 4.69) is 0 Å². The number of ketones is 1. The van der Waals surface area contributed by atoms with Gasteiger partial charge in [-0.2, -0.15) is 0 Å². The maximum atomic E-state index is 11.9. The van der Waals surface area contributed by atoms with Crippen LogP contribution in [0.4, 0.5) is 0 Å². The third-order valence-electron chi connectivity index (χ3n) is 6.89. The Morgan fingerprint density at radius 1 is 0.458 bits per heavy atom. The highest BCUT2D eigenvalue weighted by molar-refractivity contribution is 6.59. The molecule has 0 saturated heterocycles. The molecule has 0 amide bonds. The first-order chi connectivity index (χ1) is 23.2. The number of hydrogen-bond acceptors (Lipinski definition) is 7. The molecule has 0 radical (unpaired) electrons. The van der Waals surface area contributed by atoms with Crippen molar-refractivity contribution in [3.05, 3.63) is 172 Å². The summed E-state index contributed by atoms with van der Waals surface area (Å²) in [5, 5.41) is 38.7. The summed E-state index contributed by atoms with van der Waals surface area (Å²) in [5.41, 5.74) is 2.73. The van der Waals surface area contributed by atoms with E-state index in [1.165, 1.54) is 36.4 Å². The summed E-state index contributed by atoms with van der Waals surface area (Å²) in [5.74, 6) is 1.71. The van der Waals surface area contributed by atoms with Crippen LogP contribution >= 0.6 is 23.2 Å². The van der Waals surface area contributed by atoms with Crippen LogP contribution in [0.25, 0.3) is 5.57 Å². The van der Waals surface area contributed by atoms with Crippen LogP contribution in [0.5, 0.6) is 46.0 Å². The van der Waals surface area contributed by atoms with Gasteiger partial charge in [-0.1, -0.05) is 71.7 Å². The normalized spacial score (nSPS) is 10.3. The fourth-order valence-electron chi connectivity index (χ4n) is 4.51. The van der Waals surface area contributed by atoms with Gasteiger partial charge in [0.25, 0.3) is 0 Å². The number of halogens is 2. The van der Waals surface area contributed by atoms with Crippen LogP contribution in [0.3, 0.4) is 0 Å². The van der Waals surface area contributed by atoms with Crippen molar-refractivity contribution >= 4 is 34.6 Å². The van der Waals surface area contributed by atoms with Crippen LogP contribution < -0.4 is 9.47 Å². The number of aromatic hydroxyl groups is 4. The maximum absolute atomic E-state index is 11.9. The quantitative estimate of drug-likeness (QED) is 0.118. The Morgan fingerprint density at radius 2 is 0.812 bits per heavy atom. The first-order valence-corrected chi connectivity index (χ1v) is 15.2. The third-order valence-corrected chi connectivity index (χ3v) is 7.26. The largest absolute Gasteiger partial charge is 0.508 e. The first-order valence-electron chi connectivity index (χ1n) is 14.5. The molecule has 0 spiro atoms. The SMILES string of the molecule is O=C(c1ccc(O)cc1)c1ccc(O)cc1.Oc1ccc(C(=C(Cl)Cl)c2ccc(O)c(Oc3ccccc3)c2)cc1Oc1ccccc1. The standard InChI is InChI=1S/C26H18Cl2O4.C13H10O3/c27-26(28)25(17-11-13-21(29)23(15-17)31-19-7-3-1-4-8-19)18-12-14-22(30)24(16-18)32-20-9-5-2-6-10-20;14-11-5-1-9(2-6-11)13(16)10-3-7-12(15)8-4-10/h1-16,29-30H;1-8,14-15H. The Bertz CT molecular complexity index is 1880. The van der Waals surface area contributed by atoms with Crippen molar-refractivity contribution in [3.8, 4) is 46.0 Å². The number of hydrogen-bond donors (Lipinski definition) is 4. The van der Waals surface area contributed by atoms with Gasteiger partial charge in [0.05, 0.1) is 0 Å². The van der Waals surface area contributed by atoms with Crippen molar-refractivity contribution in [2.45, 2.75) is 0 Å². The smallest absolute Gasteiger partial charge is 0.193 e. The first kappa shape index (κ1) is 33.5. The molecule has 0 aliphatic carbocycles. The Kier molecular flexibility index (Phi) is 10.9. The molecule has 6 aromatic rings. The highest BCUT2D eigenvalue weighted by Crippen LogP contribution is 2.40. The summed E-state index contributed by atoms with van der Waals surface area (Å²) in [6.45, 7) is 0. The van der Waals surface area contributed by atoms with Gasteiger partial charge in [0, 0.05) is 16.7 Å². The van der Waals surface area contributed by atoms with Gasteiger partial charge in [-0.3, -0.25) is 4.79 Å². The van der Waals surface area contributed by atoms with Gasteiger partial charge < -0.3 is 29.9 Å². The van der Waals surface area contributed by atoms with Crippen LogP contribution in [-0.2, 0) is 0 Å². The Morgan fingerprint density at radius 3 is 1.17 bits per heavy atom. The van der Waals surface area contributed by atoms with E-state index in [1.54, 1.807) is 72.8 Å². The number of para-hydroxylation sites is 2. The molecular weight excluding hydrogens is 651 g/mol. The van der Waals surface area contributed by atoms with Crippen LogP contribution in [0, 0.1) is 0 Å². The minimum atomic E-state index is -0.139. The number of carbonyl (C=O) groups is 1. The van der Waals surface area contributed by atoms with E-state index in [0.29, 0.717) is 39.3 Å². The second-order valence-electron chi connectivity index (χ2n) is 10.3. The van der Waals surface area contributed by atoms with Gasteiger partial charge in [0.1, 0.15) is 27.5 Å². The Labute approximate surface area is 286 Å². The molecule has 0 aliphatic heterocycles. The number of phenolic OH excluding ortho intramolecular Hbond substituents is 4. The van der Waals surface area contributed by atoms with Crippen molar-refractivity contribution < 1.29 is 34.7 Å². The highest BCUT2D eigenvalue weighted by Gasteiger charge is 2.16. The lowest BCUT2D eigenvalue weighted by atomic mass is 9.98. The zero-order valence-corrected chi connectivity index (χ0v) is 26.6. The number of benzene rings is 6. The topological polar surface area (TPSA) is 116 Å². The number of rotatable bonds is 8. The lowest BCUT2D eigenvalue weighted by Gasteiger charge is -2.14. The van der Waals surface area contributed by atoms with Gasteiger partial charge in [0.2, 0.25) is 0 Å². The number of phenols is 4. The molecule has 0 unspecified atom stereocenters. The summed E-state index contributed by atoms with van der Waals surface area (Å²) in [6, 6.07) is 40.0. The lowest BCUT2D eigenvalue weighted by molar-refractivity contribution is 0.103. The molecule has 4 N–H and O–H groups in total. The predicted molar refractivity (Wildman–Crippen MR) is 187 cm³/mol. The summed E-state index contributed by atoms with van der Waals surface area (Å²) in [7, 11) is 0. The van der Waals surface area contributed by atoms with Crippen molar-refractivity contribution in [2.24, 2.45) is 0 Å². The van der Waals surface area contributed by atoms with Crippen LogP contribution in [0.15, 0.2) is 150 Å². The molecule has 7 nitrogen and oxygen atoms in total. The van der Waals surface area contributed by atoms with E-state index in [1.807, 2.05) is 36.4 Å². The summed E-state index contributed by atoms with van der Waals surface area (Å²) in [4.78, 5) is 11.9. The lowest BCUT2D eigenvalue weighted by Crippen LogP contribution is -2.00. The molecular formula is C39H28Cl2O7. The van der Waals surface area contributed by atoms with Gasteiger partial charge in [-0.05, 0) is 108 Å². The van der Waals surface area contributed by atoms with Gasteiger partial charge in [-0.25, -0.2) is 0 Å². The average Bonchev–Trinajstić information content (AvgIpc) is 3.09. The predicted octanol–water partition coefficient (Wildman–Crippen LogP) is 10.2. The van der Waals surface area contributed by atoms with Crippen LogP contribution in [0.2, 0.25) is 0 Å². The van der Waals surface area contributed by atoms with E-state index in [9.17, 15) is 15.0 Å². The molecule has 0 bridgehead atoms. The van der Waals surface area contributed by atoms with Crippen molar-refractivity contribution in [1.29, 1.82) is 0 Å². The molecule has 0 aromatic heterocycles. The minimum Gasteiger partial charge on any atom is -0.508 e. The van der Waals surface area contributed by atoms with Crippen molar-refractivity contribution in [1.82, 2.24) is 0 Å². The maximum Gasteiger partial charge on any atom is 0.193 e. The molecule has 0 heterocycles. The molecule has 0 saturated carbocycles. The summed E-state index contributed by atoms with van der Waals surface area (Å²) < 4.78 is 11.6.